The summed E-state index contributed by atoms with van der Waals surface area (Å²) in [5.41, 5.74) is 5.64. The highest BCUT2D eigenvalue weighted by Crippen LogP contribution is 2.31. The van der Waals surface area contributed by atoms with Gasteiger partial charge in [-0.1, -0.05) is 17.7 Å². The van der Waals surface area contributed by atoms with Gasteiger partial charge in [0.1, 0.15) is 16.9 Å². The van der Waals surface area contributed by atoms with Crippen LogP contribution in [0.25, 0.3) is 21.9 Å². The van der Waals surface area contributed by atoms with Gasteiger partial charge in [-0.3, -0.25) is 4.79 Å². The number of furan rings is 1. The molecule has 1 fully saturated rings. The summed E-state index contributed by atoms with van der Waals surface area (Å²) in [6, 6.07) is 9.71. The van der Waals surface area contributed by atoms with Crippen LogP contribution in [0.5, 0.6) is 0 Å². The number of hydrogen-bond donors (Lipinski definition) is 0. The molecule has 4 aromatic rings. The van der Waals surface area contributed by atoms with E-state index in [-0.39, 0.29) is 18.0 Å². The molecule has 1 amide bonds. The minimum absolute atomic E-state index is 0.0584. The van der Waals surface area contributed by atoms with Crippen LogP contribution in [0.3, 0.4) is 0 Å². The number of carbonyl (C=O) groups is 1. The lowest BCUT2D eigenvalue weighted by Gasteiger charge is -2.37. The maximum atomic E-state index is 13.0. The molecule has 0 aliphatic carbocycles. The van der Waals surface area contributed by atoms with Crippen molar-refractivity contribution >= 4 is 45.1 Å². The second kappa shape index (κ2) is 9.08. The smallest absolute Gasteiger partial charge is 0.339 e. The molecule has 0 atom stereocenters. The number of hydrogen-bond acceptors (Lipinski definition) is 5. The minimum atomic E-state index is -0.386. The fourth-order valence-electron chi connectivity index (χ4n) is 5.02. The van der Waals surface area contributed by atoms with Crippen LogP contribution < -0.4 is 10.5 Å². The van der Waals surface area contributed by atoms with E-state index in [0.717, 1.165) is 46.4 Å². The minimum Gasteiger partial charge on any atom is -0.461 e. The van der Waals surface area contributed by atoms with Gasteiger partial charge < -0.3 is 18.6 Å². The van der Waals surface area contributed by atoms with Gasteiger partial charge in [0, 0.05) is 65.7 Å². The maximum absolute atomic E-state index is 13.0. The molecular formula is C28H29ClN2O4. The summed E-state index contributed by atoms with van der Waals surface area (Å²) in [6.07, 6.45) is 0.636. The third-order valence-corrected chi connectivity index (χ3v) is 7.55. The summed E-state index contributed by atoms with van der Waals surface area (Å²) in [6.45, 7) is 10.7. The second-order valence-corrected chi connectivity index (χ2v) is 9.86. The standard InChI is InChI=1S/C28H29ClN2O4/c1-16-5-6-20(29)13-24(16)30-9-11-31(12-10-30)27(32)8-7-21-18(3)23-14-22-17(2)19(4)34-25(22)15-26(23)35-28(21)33/h5-6,13-15H,7-12H2,1-4H3. The van der Waals surface area contributed by atoms with Crippen molar-refractivity contribution in [3.8, 4) is 0 Å². The van der Waals surface area contributed by atoms with Crippen molar-refractivity contribution in [2.45, 2.75) is 40.5 Å². The van der Waals surface area contributed by atoms with E-state index in [1.54, 1.807) is 6.07 Å². The van der Waals surface area contributed by atoms with E-state index in [9.17, 15) is 9.59 Å². The molecule has 1 saturated heterocycles. The summed E-state index contributed by atoms with van der Waals surface area (Å²) in [7, 11) is 0. The number of halogens is 1. The van der Waals surface area contributed by atoms with E-state index in [1.807, 2.05) is 49.9 Å². The molecule has 2 aromatic carbocycles. The Morgan fingerprint density at radius 2 is 1.60 bits per heavy atom. The highest BCUT2D eigenvalue weighted by atomic mass is 35.5. The number of nitrogens with zero attached hydrogens (tertiary/aromatic N) is 2. The van der Waals surface area contributed by atoms with Crippen LogP contribution in [0.2, 0.25) is 5.02 Å². The van der Waals surface area contributed by atoms with Crippen molar-refractivity contribution < 1.29 is 13.6 Å². The Hall–Kier alpha value is -3.25. The number of piperazine rings is 1. The summed E-state index contributed by atoms with van der Waals surface area (Å²) in [5, 5.41) is 2.61. The predicted molar refractivity (Wildman–Crippen MR) is 140 cm³/mol. The van der Waals surface area contributed by atoms with Crippen LogP contribution in [0.1, 0.15) is 34.4 Å². The first-order valence-corrected chi connectivity index (χ1v) is 12.4. The zero-order chi connectivity index (χ0) is 24.9. The molecule has 0 spiro atoms. The molecule has 7 heteroatoms. The van der Waals surface area contributed by atoms with Crippen LogP contribution >= 0.6 is 11.6 Å². The molecule has 0 unspecified atom stereocenters. The van der Waals surface area contributed by atoms with Crippen molar-refractivity contribution in [2.24, 2.45) is 0 Å². The lowest BCUT2D eigenvalue weighted by atomic mass is 10.00. The van der Waals surface area contributed by atoms with Crippen molar-refractivity contribution in [3.05, 3.63) is 73.8 Å². The van der Waals surface area contributed by atoms with Crippen LogP contribution in [0, 0.1) is 27.7 Å². The average Bonchev–Trinajstić information content (AvgIpc) is 3.11. The Kier molecular flexibility index (Phi) is 6.09. The molecule has 0 saturated carbocycles. The largest absolute Gasteiger partial charge is 0.461 e. The zero-order valence-electron chi connectivity index (χ0n) is 20.5. The monoisotopic (exact) mass is 492 g/mol. The van der Waals surface area contributed by atoms with E-state index in [0.29, 0.717) is 41.3 Å². The van der Waals surface area contributed by atoms with E-state index < -0.39 is 0 Å². The Bertz CT molecular complexity index is 1510. The van der Waals surface area contributed by atoms with Gasteiger partial charge in [0.15, 0.2) is 0 Å². The van der Waals surface area contributed by atoms with Crippen LogP contribution in [-0.2, 0) is 11.2 Å². The molecule has 3 heterocycles. The number of anilines is 1. The van der Waals surface area contributed by atoms with Gasteiger partial charge in [-0.05, 0) is 69.0 Å². The fourth-order valence-corrected chi connectivity index (χ4v) is 5.19. The van der Waals surface area contributed by atoms with Gasteiger partial charge in [0.2, 0.25) is 5.91 Å². The number of aryl methyl sites for hydroxylation is 4. The highest BCUT2D eigenvalue weighted by Gasteiger charge is 2.23. The molecule has 6 nitrogen and oxygen atoms in total. The van der Waals surface area contributed by atoms with Gasteiger partial charge in [-0.2, -0.15) is 0 Å². The zero-order valence-corrected chi connectivity index (χ0v) is 21.3. The summed E-state index contributed by atoms with van der Waals surface area (Å²) in [5.74, 6) is 0.912. The van der Waals surface area contributed by atoms with Crippen LogP contribution in [-0.4, -0.2) is 37.0 Å². The molecular weight excluding hydrogens is 464 g/mol. The molecule has 1 aliphatic rings. The van der Waals surface area contributed by atoms with Gasteiger partial charge in [-0.25, -0.2) is 4.79 Å². The number of amides is 1. The molecule has 35 heavy (non-hydrogen) atoms. The molecule has 182 valence electrons. The van der Waals surface area contributed by atoms with E-state index >= 15 is 0 Å². The maximum Gasteiger partial charge on any atom is 0.339 e. The van der Waals surface area contributed by atoms with Crippen molar-refractivity contribution in [2.75, 3.05) is 31.1 Å². The summed E-state index contributed by atoms with van der Waals surface area (Å²) < 4.78 is 11.4. The molecule has 5 rings (SSSR count). The number of benzene rings is 2. The first-order valence-electron chi connectivity index (χ1n) is 12.0. The lowest BCUT2D eigenvalue weighted by molar-refractivity contribution is -0.131. The predicted octanol–water partition coefficient (Wildman–Crippen LogP) is 5.71. The third kappa shape index (κ3) is 4.31. The van der Waals surface area contributed by atoms with Crippen LogP contribution in [0.15, 0.2) is 44.0 Å². The topological polar surface area (TPSA) is 66.9 Å². The average molecular weight is 493 g/mol. The lowest BCUT2D eigenvalue weighted by Crippen LogP contribution is -2.49. The molecule has 0 N–H and O–H groups in total. The normalized spacial score (nSPS) is 14.3. The molecule has 0 bridgehead atoms. The Balaban J connectivity index is 1.30. The summed E-state index contributed by atoms with van der Waals surface area (Å²) in [4.78, 5) is 29.9. The third-order valence-electron chi connectivity index (χ3n) is 7.32. The van der Waals surface area contributed by atoms with E-state index in [2.05, 4.69) is 11.8 Å². The first-order chi connectivity index (χ1) is 16.7. The number of carbonyl (C=O) groups excluding carboxylic acids is 1. The SMILES string of the molecule is Cc1ccc(Cl)cc1N1CCN(C(=O)CCc2c(C)c3cc4c(C)c(C)oc4cc3oc2=O)CC1. The van der Waals surface area contributed by atoms with Crippen molar-refractivity contribution in [1.82, 2.24) is 4.90 Å². The van der Waals surface area contributed by atoms with E-state index in [4.69, 9.17) is 20.4 Å². The molecule has 2 aromatic heterocycles. The molecule has 1 aliphatic heterocycles. The fraction of sp³-hybridized carbons (Fsp3) is 0.357. The Labute approximate surface area is 209 Å². The number of rotatable bonds is 4. The van der Waals surface area contributed by atoms with Crippen molar-refractivity contribution in [3.63, 3.8) is 0 Å². The quantitative estimate of drug-likeness (QED) is 0.341. The van der Waals surface area contributed by atoms with Crippen molar-refractivity contribution in [1.29, 1.82) is 0 Å². The first kappa shape index (κ1) is 23.5. The summed E-state index contributed by atoms with van der Waals surface area (Å²) >= 11 is 6.18. The highest BCUT2D eigenvalue weighted by molar-refractivity contribution is 6.30. The van der Waals surface area contributed by atoms with Crippen LogP contribution in [0.4, 0.5) is 5.69 Å². The van der Waals surface area contributed by atoms with E-state index in [1.165, 1.54) is 5.56 Å². The molecule has 0 radical (unpaired) electrons. The van der Waals surface area contributed by atoms with Gasteiger partial charge in [-0.15, -0.1) is 0 Å². The number of fused-ring (bicyclic) bond motifs is 2. The van der Waals surface area contributed by atoms with Gasteiger partial charge >= 0.3 is 5.63 Å². The van der Waals surface area contributed by atoms with Gasteiger partial charge in [0.05, 0.1) is 0 Å². The van der Waals surface area contributed by atoms with Gasteiger partial charge in [0.25, 0.3) is 0 Å². The Morgan fingerprint density at radius 3 is 2.34 bits per heavy atom. The second-order valence-electron chi connectivity index (χ2n) is 9.42. The Morgan fingerprint density at radius 1 is 0.914 bits per heavy atom.